The quantitative estimate of drug-likeness (QED) is 0.685. The molecule has 0 fully saturated rings. The number of hydrogen-bond donors (Lipinski definition) is 2. The average Bonchev–Trinajstić information content (AvgIpc) is 2.32. The van der Waals surface area contributed by atoms with Crippen molar-refractivity contribution in [1.29, 1.82) is 0 Å². The van der Waals surface area contributed by atoms with E-state index in [-0.39, 0.29) is 24.3 Å². The molecular weight excluding hydrogens is 218 g/mol. The summed E-state index contributed by atoms with van der Waals surface area (Å²) in [6, 6.07) is 0. The molecule has 4 heteroatoms. The summed E-state index contributed by atoms with van der Waals surface area (Å²) < 4.78 is 0. The van der Waals surface area contributed by atoms with Gasteiger partial charge in [-0.1, -0.05) is 25.5 Å². The second kappa shape index (κ2) is 7.45. The SMILES string of the molecule is C/C(=C\CC(=O)N(C)C)[C@H](C)[C@H](O)[C@H](C)CO. The minimum absolute atomic E-state index is 0.0323. The highest BCUT2D eigenvalue weighted by Crippen LogP contribution is 2.20. The summed E-state index contributed by atoms with van der Waals surface area (Å²) in [6.45, 7) is 5.58. The van der Waals surface area contributed by atoms with Crippen LogP contribution in [0.15, 0.2) is 11.6 Å². The van der Waals surface area contributed by atoms with Crippen LogP contribution in [0.5, 0.6) is 0 Å². The van der Waals surface area contributed by atoms with Crippen LogP contribution in [0.3, 0.4) is 0 Å². The lowest BCUT2D eigenvalue weighted by molar-refractivity contribution is -0.127. The fourth-order valence-electron chi connectivity index (χ4n) is 1.49. The van der Waals surface area contributed by atoms with E-state index in [1.54, 1.807) is 25.9 Å². The molecule has 0 aromatic rings. The molecule has 0 radical (unpaired) electrons. The Labute approximate surface area is 104 Å². The molecule has 0 aromatic carbocycles. The maximum atomic E-state index is 11.4. The lowest BCUT2D eigenvalue weighted by atomic mass is 9.88. The number of aliphatic hydroxyl groups is 2. The maximum Gasteiger partial charge on any atom is 0.225 e. The van der Waals surface area contributed by atoms with Crippen LogP contribution in [0.4, 0.5) is 0 Å². The molecule has 0 unspecified atom stereocenters. The van der Waals surface area contributed by atoms with Gasteiger partial charge >= 0.3 is 0 Å². The summed E-state index contributed by atoms with van der Waals surface area (Å²) in [5.41, 5.74) is 0.980. The minimum Gasteiger partial charge on any atom is -0.396 e. The van der Waals surface area contributed by atoms with Crippen molar-refractivity contribution in [3.05, 3.63) is 11.6 Å². The molecule has 2 N–H and O–H groups in total. The summed E-state index contributed by atoms with van der Waals surface area (Å²) in [7, 11) is 3.44. The Morgan fingerprint density at radius 3 is 2.29 bits per heavy atom. The number of nitrogens with zero attached hydrogens (tertiary/aromatic N) is 1. The van der Waals surface area contributed by atoms with Gasteiger partial charge in [0.1, 0.15) is 0 Å². The molecular formula is C13H25NO3. The van der Waals surface area contributed by atoms with E-state index in [9.17, 15) is 9.90 Å². The Morgan fingerprint density at radius 2 is 1.88 bits per heavy atom. The molecule has 17 heavy (non-hydrogen) atoms. The van der Waals surface area contributed by atoms with Gasteiger partial charge in [0.05, 0.1) is 6.10 Å². The highest BCUT2D eigenvalue weighted by atomic mass is 16.3. The van der Waals surface area contributed by atoms with Crippen LogP contribution in [0.1, 0.15) is 27.2 Å². The molecule has 0 rings (SSSR count). The predicted molar refractivity (Wildman–Crippen MR) is 68.5 cm³/mol. The monoisotopic (exact) mass is 243 g/mol. The summed E-state index contributed by atoms with van der Waals surface area (Å²) >= 11 is 0. The van der Waals surface area contributed by atoms with Gasteiger partial charge in [0, 0.05) is 39.0 Å². The molecule has 100 valence electrons. The topological polar surface area (TPSA) is 60.8 Å². The molecule has 0 aliphatic heterocycles. The number of rotatable bonds is 6. The molecule has 3 atom stereocenters. The van der Waals surface area contributed by atoms with Crippen LogP contribution < -0.4 is 0 Å². The minimum atomic E-state index is -0.578. The van der Waals surface area contributed by atoms with E-state index in [0.29, 0.717) is 6.42 Å². The van der Waals surface area contributed by atoms with E-state index >= 15 is 0 Å². The van der Waals surface area contributed by atoms with E-state index in [1.807, 2.05) is 19.9 Å². The Bertz CT molecular complexity index is 274. The summed E-state index contributed by atoms with van der Waals surface area (Å²) in [6.07, 6.45) is 1.62. The third-order valence-electron chi connectivity index (χ3n) is 3.20. The lowest BCUT2D eigenvalue weighted by Gasteiger charge is -2.24. The van der Waals surface area contributed by atoms with Crippen molar-refractivity contribution in [1.82, 2.24) is 4.90 Å². The molecule has 0 aliphatic rings. The van der Waals surface area contributed by atoms with Gasteiger partial charge in [0.15, 0.2) is 0 Å². The number of hydrogen-bond acceptors (Lipinski definition) is 3. The zero-order valence-electron chi connectivity index (χ0n) is 11.5. The van der Waals surface area contributed by atoms with Crippen LogP contribution in [0.25, 0.3) is 0 Å². The van der Waals surface area contributed by atoms with Crippen molar-refractivity contribution in [3.63, 3.8) is 0 Å². The first-order valence-corrected chi connectivity index (χ1v) is 5.97. The summed E-state index contributed by atoms with van der Waals surface area (Å²) in [5.74, 6) is -0.161. The second-order valence-corrected chi connectivity index (χ2v) is 4.88. The van der Waals surface area contributed by atoms with E-state index in [4.69, 9.17) is 5.11 Å². The number of carbonyl (C=O) groups is 1. The molecule has 0 spiro atoms. The lowest BCUT2D eigenvalue weighted by Crippen LogP contribution is -2.28. The molecule has 0 bridgehead atoms. The average molecular weight is 243 g/mol. The Morgan fingerprint density at radius 1 is 1.35 bits per heavy atom. The molecule has 0 heterocycles. The second-order valence-electron chi connectivity index (χ2n) is 4.88. The van der Waals surface area contributed by atoms with Crippen LogP contribution in [-0.2, 0) is 4.79 Å². The van der Waals surface area contributed by atoms with Crippen LogP contribution in [-0.4, -0.2) is 47.8 Å². The van der Waals surface area contributed by atoms with Gasteiger partial charge in [0.2, 0.25) is 5.91 Å². The maximum absolute atomic E-state index is 11.4. The van der Waals surface area contributed by atoms with Crippen molar-refractivity contribution in [3.8, 4) is 0 Å². The standard InChI is InChI=1S/C13H25NO3/c1-9(6-7-12(16)14(4)5)11(3)13(17)10(2)8-15/h6,10-11,13,15,17H,7-8H2,1-5H3/b9-6+/t10-,11+,13-/m1/s1. The van der Waals surface area contributed by atoms with E-state index < -0.39 is 6.10 Å². The van der Waals surface area contributed by atoms with Crippen LogP contribution >= 0.6 is 0 Å². The number of aliphatic hydroxyl groups excluding tert-OH is 2. The molecule has 0 aromatic heterocycles. The summed E-state index contributed by atoms with van der Waals surface area (Å²) in [4.78, 5) is 13.0. The van der Waals surface area contributed by atoms with Crippen molar-refractivity contribution in [2.24, 2.45) is 11.8 Å². The highest BCUT2D eigenvalue weighted by molar-refractivity contribution is 5.77. The van der Waals surface area contributed by atoms with Gasteiger partial charge in [-0.3, -0.25) is 4.79 Å². The first-order chi connectivity index (χ1) is 7.81. The van der Waals surface area contributed by atoms with Crippen molar-refractivity contribution in [2.75, 3.05) is 20.7 Å². The first-order valence-electron chi connectivity index (χ1n) is 5.97. The summed E-state index contributed by atoms with van der Waals surface area (Å²) in [5, 5.41) is 18.9. The molecule has 0 saturated heterocycles. The molecule has 1 amide bonds. The van der Waals surface area contributed by atoms with Gasteiger partial charge in [-0.15, -0.1) is 0 Å². The van der Waals surface area contributed by atoms with Gasteiger partial charge in [0.25, 0.3) is 0 Å². The van der Waals surface area contributed by atoms with Crippen molar-refractivity contribution in [2.45, 2.75) is 33.3 Å². The van der Waals surface area contributed by atoms with Gasteiger partial charge in [-0.2, -0.15) is 0 Å². The van der Waals surface area contributed by atoms with Gasteiger partial charge < -0.3 is 15.1 Å². The molecule has 0 saturated carbocycles. The molecule has 4 nitrogen and oxygen atoms in total. The fourth-order valence-corrected chi connectivity index (χ4v) is 1.49. The van der Waals surface area contributed by atoms with Crippen LogP contribution in [0, 0.1) is 11.8 Å². The Hall–Kier alpha value is -0.870. The highest BCUT2D eigenvalue weighted by Gasteiger charge is 2.21. The zero-order valence-corrected chi connectivity index (χ0v) is 11.5. The first kappa shape index (κ1) is 16.1. The van der Waals surface area contributed by atoms with E-state index in [2.05, 4.69) is 0 Å². The van der Waals surface area contributed by atoms with Crippen LogP contribution in [0.2, 0.25) is 0 Å². The Balaban J connectivity index is 4.43. The van der Waals surface area contributed by atoms with E-state index in [0.717, 1.165) is 5.57 Å². The van der Waals surface area contributed by atoms with Crippen molar-refractivity contribution >= 4 is 5.91 Å². The normalized spacial score (nSPS) is 17.5. The van der Waals surface area contributed by atoms with Gasteiger partial charge in [-0.25, -0.2) is 0 Å². The number of amides is 1. The van der Waals surface area contributed by atoms with E-state index in [1.165, 1.54) is 0 Å². The predicted octanol–water partition coefficient (Wildman–Crippen LogP) is 1.04. The molecule has 0 aliphatic carbocycles. The Kier molecular flexibility index (Phi) is 7.07. The third-order valence-corrected chi connectivity index (χ3v) is 3.20. The smallest absolute Gasteiger partial charge is 0.225 e. The fraction of sp³-hybridized carbons (Fsp3) is 0.769. The van der Waals surface area contributed by atoms with Gasteiger partial charge in [-0.05, 0) is 6.92 Å². The van der Waals surface area contributed by atoms with Crippen molar-refractivity contribution < 1.29 is 15.0 Å². The zero-order chi connectivity index (χ0) is 13.6. The largest absolute Gasteiger partial charge is 0.396 e. The number of carbonyl (C=O) groups excluding carboxylic acids is 1. The third kappa shape index (κ3) is 5.33.